The fraction of sp³-hybridized carbons (Fsp3) is 0.938. The van der Waals surface area contributed by atoms with Crippen molar-refractivity contribution in [3.8, 4) is 0 Å². The molecule has 0 saturated heterocycles. The third-order valence-corrected chi connectivity index (χ3v) is 4.35. The van der Waals surface area contributed by atoms with E-state index in [4.69, 9.17) is 10.9 Å². The van der Waals surface area contributed by atoms with Crippen LogP contribution in [0.25, 0.3) is 0 Å². The minimum Gasteiger partial charge on any atom is -0.409 e. The first kappa shape index (κ1) is 16.3. The number of amidine groups is 1. The standard InChI is InChI=1S/C16H32N2O/c17-16(18-19)14-15-12-10-8-6-4-2-1-3-5-7-9-11-13-15/h15,19H,1-14H2,(H2,17,18). The lowest BCUT2D eigenvalue weighted by molar-refractivity contribution is 0.313. The third kappa shape index (κ3) is 8.90. The van der Waals surface area contributed by atoms with Crippen molar-refractivity contribution in [1.82, 2.24) is 0 Å². The fourth-order valence-corrected chi connectivity index (χ4v) is 3.14. The van der Waals surface area contributed by atoms with Crippen molar-refractivity contribution in [3.05, 3.63) is 0 Å². The van der Waals surface area contributed by atoms with Crippen LogP contribution in [0.2, 0.25) is 0 Å². The van der Waals surface area contributed by atoms with Crippen molar-refractivity contribution in [3.63, 3.8) is 0 Å². The van der Waals surface area contributed by atoms with Crippen LogP contribution in [0, 0.1) is 5.92 Å². The van der Waals surface area contributed by atoms with Crippen LogP contribution in [0.15, 0.2) is 5.16 Å². The summed E-state index contributed by atoms with van der Waals surface area (Å²) in [6.07, 6.45) is 18.5. The molecule has 1 aliphatic rings. The SMILES string of the molecule is NC(CC1CCCCCCCCCCCCC1)=NO. The number of nitrogens with two attached hydrogens (primary N) is 1. The van der Waals surface area contributed by atoms with Gasteiger partial charge in [-0.25, -0.2) is 0 Å². The zero-order valence-corrected chi connectivity index (χ0v) is 12.4. The molecule has 0 unspecified atom stereocenters. The molecule has 0 aromatic heterocycles. The quantitative estimate of drug-likeness (QED) is 0.326. The molecular weight excluding hydrogens is 236 g/mol. The molecule has 1 aliphatic carbocycles. The highest BCUT2D eigenvalue weighted by atomic mass is 16.4. The van der Waals surface area contributed by atoms with Crippen molar-refractivity contribution < 1.29 is 5.21 Å². The van der Waals surface area contributed by atoms with Gasteiger partial charge < -0.3 is 10.9 Å². The summed E-state index contributed by atoms with van der Waals surface area (Å²) < 4.78 is 0. The maximum atomic E-state index is 8.71. The first-order valence-corrected chi connectivity index (χ1v) is 8.29. The van der Waals surface area contributed by atoms with Gasteiger partial charge in [0.15, 0.2) is 0 Å². The van der Waals surface area contributed by atoms with E-state index in [1.807, 2.05) is 0 Å². The van der Waals surface area contributed by atoms with Crippen LogP contribution in [0.1, 0.15) is 89.9 Å². The molecule has 0 aromatic rings. The summed E-state index contributed by atoms with van der Waals surface area (Å²) in [6.45, 7) is 0. The second-order valence-corrected chi connectivity index (χ2v) is 6.13. The number of oxime groups is 1. The Morgan fingerprint density at radius 1 is 0.789 bits per heavy atom. The van der Waals surface area contributed by atoms with Crippen LogP contribution in [0.4, 0.5) is 0 Å². The second-order valence-electron chi connectivity index (χ2n) is 6.13. The monoisotopic (exact) mass is 268 g/mol. The van der Waals surface area contributed by atoms with Gasteiger partial charge in [-0.3, -0.25) is 0 Å². The molecule has 1 fully saturated rings. The number of nitrogens with zero attached hydrogens (tertiary/aromatic N) is 1. The van der Waals surface area contributed by atoms with Crippen molar-refractivity contribution in [2.24, 2.45) is 16.8 Å². The Balaban J connectivity index is 2.31. The first-order valence-electron chi connectivity index (χ1n) is 8.29. The molecule has 0 amide bonds. The molecule has 0 atom stereocenters. The fourth-order valence-electron chi connectivity index (χ4n) is 3.14. The summed E-state index contributed by atoms with van der Waals surface area (Å²) in [4.78, 5) is 0. The Labute approximate surface area is 118 Å². The molecule has 0 radical (unpaired) electrons. The molecule has 112 valence electrons. The Kier molecular flexibility index (Phi) is 9.56. The van der Waals surface area contributed by atoms with Crippen LogP contribution < -0.4 is 5.73 Å². The lowest BCUT2D eigenvalue weighted by atomic mass is 9.90. The Morgan fingerprint density at radius 3 is 1.53 bits per heavy atom. The average molecular weight is 268 g/mol. The summed E-state index contributed by atoms with van der Waals surface area (Å²) in [7, 11) is 0. The topological polar surface area (TPSA) is 58.6 Å². The van der Waals surface area contributed by atoms with E-state index in [0.29, 0.717) is 11.8 Å². The molecule has 0 heterocycles. The molecular formula is C16H32N2O. The van der Waals surface area contributed by atoms with E-state index in [1.54, 1.807) is 0 Å². The van der Waals surface area contributed by atoms with Gasteiger partial charge in [0, 0.05) is 6.42 Å². The lowest BCUT2D eigenvalue weighted by Gasteiger charge is -2.16. The zero-order valence-electron chi connectivity index (χ0n) is 12.4. The molecule has 0 aliphatic heterocycles. The minimum atomic E-state index is 0.408. The number of rotatable bonds is 2. The Bertz CT molecular complexity index is 227. The summed E-state index contributed by atoms with van der Waals surface area (Å²) >= 11 is 0. The van der Waals surface area contributed by atoms with Gasteiger partial charge in [-0.2, -0.15) is 0 Å². The molecule has 1 saturated carbocycles. The van der Waals surface area contributed by atoms with E-state index >= 15 is 0 Å². The Hall–Kier alpha value is -0.730. The van der Waals surface area contributed by atoms with Crippen LogP contribution in [0.5, 0.6) is 0 Å². The zero-order chi connectivity index (χ0) is 13.8. The van der Waals surface area contributed by atoms with E-state index in [1.165, 1.54) is 83.5 Å². The van der Waals surface area contributed by atoms with Crippen LogP contribution in [0.3, 0.4) is 0 Å². The van der Waals surface area contributed by atoms with Gasteiger partial charge in [0.25, 0.3) is 0 Å². The normalized spacial score (nSPS) is 22.8. The maximum Gasteiger partial charge on any atom is 0.139 e. The largest absolute Gasteiger partial charge is 0.409 e. The molecule has 1 rings (SSSR count). The van der Waals surface area contributed by atoms with Crippen LogP contribution >= 0.6 is 0 Å². The predicted molar refractivity (Wildman–Crippen MR) is 81.5 cm³/mol. The predicted octanol–water partition coefficient (Wildman–Crippen LogP) is 4.82. The van der Waals surface area contributed by atoms with E-state index in [-0.39, 0.29) is 0 Å². The van der Waals surface area contributed by atoms with E-state index in [0.717, 1.165) is 6.42 Å². The van der Waals surface area contributed by atoms with Gasteiger partial charge >= 0.3 is 0 Å². The van der Waals surface area contributed by atoms with Gasteiger partial charge in [0.1, 0.15) is 5.84 Å². The maximum absolute atomic E-state index is 8.71. The summed E-state index contributed by atoms with van der Waals surface area (Å²) in [5, 5.41) is 11.8. The molecule has 0 aromatic carbocycles. The van der Waals surface area contributed by atoms with Gasteiger partial charge in [-0.1, -0.05) is 88.6 Å². The third-order valence-electron chi connectivity index (χ3n) is 4.35. The number of hydrogen-bond donors (Lipinski definition) is 2. The minimum absolute atomic E-state index is 0.408. The van der Waals surface area contributed by atoms with Crippen LogP contribution in [-0.4, -0.2) is 11.0 Å². The van der Waals surface area contributed by atoms with Crippen molar-refractivity contribution in [2.75, 3.05) is 0 Å². The highest BCUT2D eigenvalue weighted by Crippen LogP contribution is 2.23. The average Bonchev–Trinajstić information content (AvgIpc) is 2.42. The highest BCUT2D eigenvalue weighted by Gasteiger charge is 2.11. The van der Waals surface area contributed by atoms with Crippen molar-refractivity contribution in [2.45, 2.75) is 89.9 Å². The van der Waals surface area contributed by atoms with E-state index < -0.39 is 0 Å². The van der Waals surface area contributed by atoms with Gasteiger partial charge in [0.2, 0.25) is 0 Å². The molecule has 3 nitrogen and oxygen atoms in total. The summed E-state index contributed by atoms with van der Waals surface area (Å²) in [5.41, 5.74) is 5.67. The molecule has 0 bridgehead atoms. The molecule has 0 spiro atoms. The van der Waals surface area contributed by atoms with Gasteiger partial charge in [-0.15, -0.1) is 0 Å². The highest BCUT2D eigenvalue weighted by molar-refractivity contribution is 5.79. The second kappa shape index (κ2) is 11.1. The molecule has 3 N–H and O–H groups in total. The lowest BCUT2D eigenvalue weighted by Crippen LogP contribution is -2.17. The van der Waals surface area contributed by atoms with E-state index in [9.17, 15) is 0 Å². The van der Waals surface area contributed by atoms with Crippen LogP contribution in [-0.2, 0) is 0 Å². The molecule has 3 heteroatoms. The smallest absolute Gasteiger partial charge is 0.139 e. The summed E-state index contributed by atoms with van der Waals surface area (Å²) in [6, 6.07) is 0. The summed E-state index contributed by atoms with van der Waals surface area (Å²) in [5.74, 6) is 1.03. The van der Waals surface area contributed by atoms with Crippen molar-refractivity contribution in [1.29, 1.82) is 0 Å². The molecule has 19 heavy (non-hydrogen) atoms. The van der Waals surface area contributed by atoms with Gasteiger partial charge in [-0.05, 0) is 5.92 Å². The van der Waals surface area contributed by atoms with Gasteiger partial charge in [0.05, 0.1) is 0 Å². The van der Waals surface area contributed by atoms with Crippen molar-refractivity contribution >= 4 is 5.84 Å². The number of hydrogen-bond acceptors (Lipinski definition) is 2. The first-order chi connectivity index (χ1) is 9.33. The van der Waals surface area contributed by atoms with E-state index in [2.05, 4.69) is 5.16 Å². The Morgan fingerprint density at radius 2 is 1.16 bits per heavy atom.